The average molecular weight is 271 g/mol. The summed E-state index contributed by atoms with van der Waals surface area (Å²) in [5.74, 6) is -0.214. The van der Waals surface area contributed by atoms with E-state index < -0.39 is 13.4 Å². The molecule has 10 nitrogen and oxygen atoms in total. The Kier molecular flexibility index (Phi) is 3.97. The zero-order chi connectivity index (χ0) is 11.9. The maximum absolute atomic E-state index is 11.3. The number of imidazole rings is 1. The Balaban J connectivity index is 0.00000144. The molecule has 0 atom stereocenters. The van der Waals surface area contributed by atoms with Gasteiger partial charge in [0.2, 0.25) is 11.6 Å². The predicted molar refractivity (Wildman–Crippen MR) is 52.3 cm³/mol. The molecule has 0 unspecified atom stereocenters. The van der Waals surface area contributed by atoms with E-state index in [1.807, 2.05) is 0 Å². The second-order valence-corrected chi connectivity index (χ2v) is 3.91. The van der Waals surface area contributed by atoms with E-state index in [-0.39, 0.29) is 48.1 Å². The molecule has 17 heavy (non-hydrogen) atoms. The quantitative estimate of drug-likeness (QED) is 0.313. The molecule has 0 aliphatic heterocycles. The Hall–Kier alpha value is -0.900. The van der Waals surface area contributed by atoms with Crippen LogP contribution in [-0.2, 0) is 4.57 Å². The van der Waals surface area contributed by atoms with E-state index in [0.717, 1.165) is 6.33 Å². The molecule has 0 bridgehead atoms. The number of rotatable bonds is 2. The smallest absolute Gasteiger partial charge is 1.00 e. The molecule has 88 valence electrons. The number of fused-ring (bicyclic) bond motifs is 1. The molecule has 2 aromatic heterocycles. The van der Waals surface area contributed by atoms with Crippen LogP contribution in [0, 0.1) is 0 Å². The second-order valence-electron chi connectivity index (χ2n) is 2.77. The Labute approximate surface area is 117 Å². The molecule has 2 aromatic rings. The van der Waals surface area contributed by atoms with E-state index in [2.05, 4.69) is 19.6 Å². The molecule has 5 N–H and O–H groups in total. The monoisotopic (exact) mass is 271 g/mol. The molecule has 0 spiro atoms. The molecule has 2 rings (SSSR count). The van der Waals surface area contributed by atoms with E-state index >= 15 is 0 Å². The summed E-state index contributed by atoms with van der Waals surface area (Å²) >= 11 is 0. The topological polar surface area (TPSA) is 156 Å². The molecule has 2 heterocycles. The van der Waals surface area contributed by atoms with Crippen molar-refractivity contribution in [1.29, 1.82) is 0 Å². The van der Waals surface area contributed by atoms with Gasteiger partial charge in [0.15, 0.2) is 5.52 Å². The van der Waals surface area contributed by atoms with Gasteiger partial charge in [0, 0.05) is 0 Å². The van der Waals surface area contributed by atoms with Crippen molar-refractivity contribution in [3.05, 3.63) is 16.7 Å². The Morgan fingerprint density at radius 2 is 2.24 bits per heavy atom. The summed E-state index contributed by atoms with van der Waals surface area (Å²) in [6.07, 6.45) is 0.908. The minimum absolute atomic E-state index is 0. The van der Waals surface area contributed by atoms with Gasteiger partial charge in [0.05, 0.1) is 0 Å². The molecule has 0 saturated heterocycles. The first-order chi connectivity index (χ1) is 7.37. The predicted octanol–water partition coefficient (Wildman–Crippen LogP) is -4.66. The van der Waals surface area contributed by atoms with Crippen LogP contribution < -0.4 is 45.5 Å². The van der Waals surface area contributed by atoms with Crippen molar-refractivity contribution < 1.29 is 50.0 Å². The third-order valence-corrected chi connectivity index (χ3v) is 1.98. The van der Waals surface area contributed by atoms with Crippen LogP contribution >= 0.6 is 7.82 Å². The fourth-order valence-corrected chi connectivity index (χ4v) is 1.43. The molecule has 0 radical (unpaired) electrons. The van der Waals surface area contributed by atoms with Gasteiger partial charge in [-0.1, -0.05) is 0 Å². The number of nitrogen functional groups attached to an aromatic ring is 1. The number of H-pyrrole nitrogens is 1. The Bertz CT molecular complexity index is 651. The third kappa shape index (κ3) is 3.06. The zero-order valence-electron chi connectivity index (χ0n) is 9.56. The van der Waals surface area contributed by atoms with Crippen molar-refractivity contribution in [3.8, 4) is 0 Å². The number of hydrogen-bond donors (Lipinski definition) is 4. The number of nitrogens with zero attached hydrogens (tertiary/aromatic N) is 3. The molecule has 0 aliphatic rings. The van der Waals surface area contributed by atoms with E-state index in [9.17, 15) is 9.36 Å². The summed E-state index contributed by atoms with van der Waals surface area (Å²) in [6.45, 7) is 0. The van der Waals surface area contributed by atoms with Crippen LogP contribution in [0.4, 0.5) is 5.95 Å². The minimum Gasteiger partial charge on any atom is -1.00 e. The van der Waals surface area contributed by atoms with Crippen molar-refractivity contribution in [3.63, 3.8) is 0 Å². The Morgan fingerprint density at radius 3 is 2.82 bits per heavy atom. The van der Waals surface area contributed by atoms with Gasteiger partial charge in [0.1, 0.15) is 6.33 Å². The largest absolute Gasteiger partial charge is 1.00 e. The summed E-state index contributed by atoms with van der Waals surface area (Å²) in [4.78, 5) is 37.8. The van der Waals surface area contributed by atoms with Gasteiger partial charge in [-0.05, 0) is 0 Å². The molecule has 0 aliphatic carbocycles. The number of hydrogen-bond acceptors (Lipinski definition) is 6. The summed E-state index contributed by atoms with van der Waals surface area (Å²) in [7, 11) is -4.76. The summed E-state index contributed by atoms with van der Waals surface area (Å²) in [5.41, 5.74) is 4.32. The first-order valence-electron chi connectivity index (χ1n) is 3.85. The second kappa shape index (κ2) is 4.77. The van der Waals surface area contributed by atoms with E-state index in [0.29, 0.717) is 4.73 Å². The van der Waals surface area contributed by atoms with Crippen LogP contribution in [0.25, 0.3) is 11.2 Å². The number of aromatic amines is 1. The van der Waals surface area contributed by atoms with Crippen molar-refractivity contribution in [2.45, 2.75) is 0 Å². The maximum Gasteiger partial charge on any atom is 1.00 e. The van der Waals surface area contributed by atoms with Gasteiger partial charge >= 0.3 is 37.4 Å². The van der Waals surface area contributed by atoms with E-state index in [1.54, 1.807) is 0 Å². The van der Waals surface area contributed by atoms with Crippen molar-refractivity contribution in [1.82, 2.24) is 19.7 Å². The third-order valence-electron chi connectivity index (χ3n) is 1.59. The first kappa shape index (κ1) is 14.2. The minimum atomic E-state index is -4.76. The van der Waals surface area contributed by atoms with Gasteiger partial charge < -0.3 is 11.8 Å². The standard InChI is InChI=1S/C5H6N5O5P.Na.H/c6-5-8-3-2(4(11)9-5)7-1-10(3)15-16(12,13)14;;/h1H,(H2,12,13,14)(H3,6,8,9,11);;/q;+1;-1. The van der Waals surface area contributed by atoms with Gasteiger partial charge in [-0.25, -0.2) is 9.55 Å². The van der Waals surface area contributed by atoms with Crippen molar-refractivity contribution >= 4 is 24.9 Å². The fraction of sp³-hybridized carbons (Fsp3) is 0. The van der Waals surface area contributed by atoms with Gasteiger partial charge in [-0.3, -0.25) is 19.6 Å². The summed E-state index contributed by atoms with van der Waals surface area (Å²) in [5, 5.41) is 0. The molecule has 0 fully saturated rings. The van der Waals surface area contributed by atoms with E-state index in [1.165, 1.54) is 0 Å². The normalized spacial score (nSPS) is 11.2. The van der Waals surface area contributed by atoms with Gasteiger partial charge in [-0.15, -0.1) is 4.73 Å². The van der Waals surface area contributed by atoms with Crippen LogP contribution in [0.15, 0.2) is 11.1 Å². The fourth-order valence-electron chi connectivity index (χ4n) is 1.08. The number of aromatic nitrogens is 4. The van der Waals surface area contributed by atoms with Crippen molar-refractivity contribution in [2.24, 2.45) is 0 Å². The first-order valence-corrected chi connectivity index (χ1v) is 5.38. The van der Waals surface area contributed by atoms with Crippen LogP contribution in [-0.4, -0.2) is 29.5 Å². The SMILES string of the molecule is Nc1nc2c(ncn2OP(=O)(O)O)c(=O)[nH]1.[H-].[Na+]. The molecule has 0 amide bonds. The molecular formula is C5H7N5NaO5P. The van der Waals surface area contributed by atoms with Gasteiger partial charge in [-0.2, -0.15) is 4.98 Å². The van der Waals surface area contributed by atoms with E-state index in [4.69, 9.17) is 15.5 Å². The zero-order valence-corrected chi connectivity index (χ0v) is 11.5. The van der Waals surface area contributed by atoms with Crippen LogP contribution in [0.3, 0.4) is 0 Å². The molecule has 12 heteroatoms. The van der Waals surface area contributed by atoms with Crippen molar-refractivity contribution in [2.75, 3.05) is 5.73 Å². The molecule has 0 aromatic carbocycles. The Morgan fingerprint density at radius 1 is 1.59 bits per heavy atom. The average Bonchev–Trinajstić information content (AvgIpc) is 2.46. The van der Waals surface area contributed by atoms with Crippen LogP contribution in [0.1, 0.15) is 1.43 Å². The summed E-state index contributed by atoms with van der Waals surface area (Å²) < 4.78 is 15.4. The number of nitrogens with one attached hydrogen (secondary N) is 1. The molecular weight excluding hydrogens is 264 g/mol. The number of anilines is 1. The maximum atomic E-state index is 11.3. The van der Waals surface area contributed by atoms with Gasteiger partial charge in [0.25, 0.3) is 5.56 Å². The summed E-state index contributed by atoms with van der Waals surface area (Å²) in [6, 6.07) is 0. The van der Waals surface area contributed by atoms with Crippen LogP contribution in [0.2, 0.25) is 0 Å². The number of phosphoric acid groups is 1. The molecule has 0 saturated carbocycles. The number of nitrogens with two attached hydrogens (primary N) is 1. The van der Waals surface area contributed by atoms with Crippen LogP contribution in [0.5, 0.6) is 0 Å².